The third-order valence-electron chi connectivity index (χ3n) is 2.47. The molecule has 1 aromatic heterocycles. The van der Waals surface area contributed by atoms with E-state index in [4.69, 9.17) is 4.74 Å². The second-order valence-corrected chi connectivity index (χ2v) is 5.33. The molecule has 104 valence electrons. The van der Waals surface area contributed by atoms with Crippen LogP contribution in [0.3, 0.4) is 0 Å². The number of nitrogens with zero attached hydrogens (tertiary/aromatic N) is 1. The number of hydrogen-bond acceptors (Lipinski definition) is 3. The van der Waals surface area contributed by atoms with Gasteiger partial charge >= 0.3 is 0 Å². The zero-order valence-electron chi connectivity index (χ0n) is 11.3. The van der Waals surface area contributed by atoms with Crippen LogP contribution in [0.15, 0.2) is 47.2 Å². The van der Waals surface area contributed by atoms with Crippen molar-refractivity contribution in [1.82, 2.24) is 4.98 Å². The molecule has 1 amide bonds. The van der Waals surface area contributed by atoms with E-state index in [-0.39, 0.29) is 12.0 Å². The van der Waals surface area contributed by atoms with Crippen molar-refractivity contribution in [2.45, 2.75) is 20.0 Å². The lowest BCUT2D eigenvalue weighted by molar-refractivity contribution is 0.102. The maximum atomic E-state index is 12.0. The molecule has 0 saturated carbocycles. The van der Waals surface area contributed by atoms with Crippen LogP contribution in [0, 0.1) is 0 Å². The van der Waals surface area contributed by atoms with Crippen molar-refractivity contribution >= 4 is 27.5 Å². The monoisotopic (exact) mass is 334 g/mol. The number of carbonyl (C=O) groups is 1. The van der Waals surface area contributed by atoms with E-state index in [1.807, 2.05) is 38.1 Å². The summed E-state index contributed by atoms with van der Waals surface area (Å²) in [5, 5.41) is 2.81. The van der Waals surface area contributed by atoms with E-state index in [1.165, 1.54) is 6.20 Å². The van der Waals surface area contributed by atoms with Crippen molar-refractivity contribution < 1.29 is 9.53 Å². The largest absolute Gasteiger partial charge is 0.491 e. The van der Waals surface area contributed by atoms with E-state index in [0.29, 0.717) is 15.9 Å². The minimum Gasteiger partial charge on any atom is -0.491 e. The van der Waals surface area contributed by atoms with E-state index in [2.05, 4.69) is 26.2 Å². The number of pyridine rings is 1. The summed E-state index contributed by atoms with van der Waals surface area (Å²) >= 11 is 3.23. The first-order valence-electron chi connectivity index (χ1n) is 6.24. The molecule has 2 aromatic rings. The molecular weight excluding hydrogens is 320 g/mol. The SMILES string of the molecule is CC(C)Oc1ccc(NC(=O)c2ccc(Br)nc2)cc1. The minimum absolute atomic E-state index is 0.129. The Morgan fingerprint density at radius 2 is 1.90 bits per heavy atom. The molecule has 0 bridgehead atoms. The second-order valence-electron chi connectivity index (χ2n) is 4.51. The van der Waals surface area contributed by atoms with Crippen LogP contribution < -0.4 is 10.1 Å². The molecule has 0 aliphatic rings. The van der Waals surface area contributed by atoms with Gasteiger partial charge < -0.3 is 10.1 Å². The van der Waals surface area contributed by atoms with Crippen molar-refractivity contribution in [2.24, 2.45) is 0 Å². The summed E-state index contributed by atoms with van der Waals surface area (Å²) in [6.45, 7) is 3.94. The molecule has 20 heavy (non-hydrogen) atoms. The third-order valence-corrected chi connectivity index (χ3v) is 2.94. The van der Waals surface area contributed by atoms with Crippen molar-refractivity contribution in [3.05, 3.63) is 52.8 Å². The minimum atomic E-state index is -0.192. The molecule has 0 saturated heterocycles. The molecule has 0 fully saturated rings. The molecule has 5 heteroatoms. The first-order valence-corrected chi connectivity index (χ1v) is 7.03. The first kappa shape index (κ1) is 14.5. The topological polar surface area (TPSA) is 51.2 Å². The maximum Gasteiger partial charge on any atom is 0.257 e. The number of aromatic nitrogens is 1. The Morgan fingerprint density at radius 3 is 2.45 bits per heavy atom. The number of rotatable bonds is 4. The molecule has 1 N–H and O–H groups in total. The van der Waals surface area contributed by atoms with Crippen LogP contribution in [0.2, 0.25) is 0 Å². The number of ether oxygens (including phenoxy) is 1. The number of nitrogens with one attached hydrogen (secondary N) is 1. The lowest BCUT2D eigenvalue weighted by Crippen LogP contribution is -2.12. The van der Waals surface area contributed by atoms with Crippen LogP contribution in [0.25, 0.3) is 0 Å². The molecule has 2 rings (SSSR count). The number of amides is 1. The van der Waals surface area contributed by atoms with Gasteiger partial charge in [0.15, 0.2) is 0 Å². The molecule has 0 aliphatic carbocycles. The van der Waals surface area contributed by atoms with Gasteiger partial charge in [0, 0.05) is 11.9 Å². The van der Waals surface area contributed by atoms with Crippen LogP contribution in [-0.4, -0.2) is 17.0 Å². The van der Waals surface area contributed by atoms with Gasteiger partial charge in [-0.05, 0) is 66.2 Å². The van der Waals surface area contributed by atoms with Crippen LogP contribution in [-0.2, 0) is 0 Å². The Labute approximate surface area is 126 Å². The van der Waals surface area contributed by atoms with Crippen molar-refractivity contribution in [2.75, 3.05) is 5.32 Å². The van der Waals surface area contributed by atoms with Gasteiger partial charge in [0.25, 0.3) is 5.91 Å². The number of hydrogen-bond donors (Lipinski definition) is 1. The van der Waals surface area contributed by atoms with Crippen LogP contribution in [0.5, 0.6) is 5.75 Å². The summed E-state index contributed by atoms with van der Waals surface area (Å²) in [4.78, 5) is 16.0. The van der Waals surface area contributed by atoms with E-state index in [0.717, 1.165) is 5.75 Å². The van der Waals surface area contributed by atoms with Gasteiger partial charge in [0.2, 0.25) is 0 Å². The Hall–Kier alpha value is -1.88. The fourth-order valence-electron chi connectivity index (χ4n) is 1.60. The molecule has 0 atom stereocenters. The van der Waals surface area contributed by atoms with Gasteiger partial charge in [0.1, 0.15) is 10.4 Å². The summed E-state index contributed by atoms with van der Waals surface area (Å²) in [5.74, 6) is 0.589. The van der Waals surface area contributed by atoms with Crippen LogP contribution >= 0.6 is 15.9 Å². The quantitative estimate of drug-likeness (QED) is 0.863. The average molecular weight is 335 g/mol. The van der Waals surface area contributed by atoms with Gasteiger partial charge in [-0.2, -0.15) is 0 Å². The van der Waals surface area contributed by atoms with Crippen molar-refractivity contribution in [3.8, 4) is 5.75 Å². The normalized spacial score (nSPS) is 10.4. The summed E-state index contributed by atoms with van der Waals surface area (Å²) in [5.41, 5.74) is 1.23. The van der Waals surface area contributed by atoms with Crippen LogP contribution in [0.4, 0.5) is 5.69 Å². The zero-order valence-corrected chi connectivity index (χ0v) is 12.8. The summed E-state index contributed by atoms with van der Waals surface area (Å²) < 4.78 is 6.24. The second kappa shape index (κ2) is 6.52. The zero-order chi connectivity index (χ0) is 14.5. The van der Waals surface area contributed by atoms with Gasteiger partial charge in [-0.1, -0.05) is 0 Å². The molecule has 1 aromatic carbocycles. The highest BCUT2D eigenvalue weighted by atomic mass is 79.9. The third kappa shape index (κ3) is 4.06. The first-order chi connectivity index (χ1) is 9.54. The summed E-state index contributed by atoms with van der Waals surface area (Å²) in [6.07, 6.45) is 1.65. The number of benzene rings is 1. The molecule has 4 nitrogen and oxygen atoms in total. The Bertz CT molecular complexity index is 580. The molecule has 0 radical (unpaired) electrons. The van der Waals surface area contributed by atoms with Crippen molar-refractivity contribution in [3.63, 3.8) is 0 Å². The number of carbonyl (C=O) groups excluding carboxylic acids is 1. The Morgan fingerprint density at radius 1 is 1.20 bits per heavy atom. The van der Waals surface area contributed by atoms with E-state index in [9.17, 15) is 4.79 Å². The van der Waals surface area contributed by atoms with E-state index >= 15 is 0 Å². The summed E-state index contributed by atoms with van der Waals surface area (Å²) in [7, 11) is 0. The summed E-state index contributed by atoms with van der Waals surface area (Å²) in [6, 6.07) is 10.7. The Balaban J connectivity index is 2.02. The van der Waals surface area contributed by atoms with Gasteiger partial charge in [-0.3, -0.25) is 4.79 Å². The smallest absolute Gasteiger partial charge is 0.257 e. The fraction of sp³-hybridized carbons (Fsp3) is 0.200. The Kier molecular flexibility index (Phi) is 4.74. The fourth-order valence-corrected chi connectivity index (χ4v) is 1.84. The molecule has 0 unspecified atom stereocenters. The molecule has 1 heterocycles. The van der Waals surface area contributed by atoms with E-state index in [1.54, 1.807) is 12.1 Å². The molecule has 0 spiro atoms. The maximum absolute atomic E-state index is 12.0. The lowest BCUT2D eigenvalue weighted by Gasteiger charge is -2.10. The van der Waals surface area contributed by atoms with Gasteiger partial charge in [-0.15, -0.1) is 0 Å². The standard InChI is InChI=1S/C15H15BrN2O2/c1-10(2)20-13-6-4-12(5-7-13)18-15(19)11-3-8-14(16)17-9-11/h3-10H,1-2H3,(H,18,19). The van der Waals surface area contributed by atoms with Crippen molar-refractivity contribution in [1.29, 1.82) is 0 Å². The predicted molar refractivity (Wildman–Crippen MR) is 82.1 cm³/mol. The molecule has 0 aliphatic heterocycles. The van der Waals surface area contributed by atoms with Crippen LogP contribution in [0.1, 0.15) is 24.2 Å². The number of anilines is 1. The number of halogens is 1. The van der Waals surface area contributed by atoms with Gasteiger partial charge in [-0.25, -0.2) is 4.98 Å². The highest BCUT2D eigenvalue weighted by Crippen LogP contribution is 2.17. The average Bonchev–Trinajstić information content (AvgIpc) is 2.41. The van der Waals surface area contributed by atoms with Gasteiger partial charge in [0.05, 0.1) is 11.7 Å². The highest BCUT2D eigenvalue weighted by Gasteiger charge is 2.06. The predicted octanol–water partition coefficient (Wildman–Crippen LogP) is 3.88. The molecular formula is C15H15BrN2O2. The lowest BCUT2D eigenvalue weighted by atomic mass is 10.2. The van der Waals surface area contributed by atoms with E-state index < -0.39 is 0 Å². The highest BCUT2D eigenvalue weighted by molar-refractivity contribution is 9.10.